The molecule has 1 aliphatic heterocycles. The lowest BCUT2D eigenvalue weighted by Gasteiger charge is -2.11. The Labute approximate surface area is 115 Å². The van der Waals surface area contributed by atoms with Gasteiger partial charge in [-0.3, -0.25) is 0 Å². The van der Waals surface area contributed by atoms with Gasteiger partial charge >= 0.3 is 7.12 Å². The van der Waals surface area contributed by atoms with Crippen molar-refractivity contribution in [1.29, 1.82) is 0 Å². The first-order valence-electron chi connectivity index (χ1n) is 5.28. The summed E-state index contributed by atoms with van der Waals surface area (Å²) in [6, 6.07) is 3.38. The van der Waals surface area contributed by atoms with E-state index in [1.165, 1.54) is 0 Å². The Morgan fingerprint density at radius 2 is 2.39 bits per heavy atom. The average molecular weight is 288 g/mol. The predicted molar refractivity (Wildman–Crippen MR) is 73.1 cm³/mol. The van der Waals surface area contributed by atoms with Gasteiger partial charge in [-0.2, -0.15) is 0 Å². The minimum Gasteiger partial charge on any atom is -0.468 e. The molecule has 5 nitrogen and oxygen atoms in total. The Morgan fingerprint density at radius 3 is 3.11 bits per heavy atom. The first-order valence-corrected chi connectivity index (χ1v) is 6.07. The number of aliphatic hydroxyl groups is 1. The molecule has 1 aliphatic rings. The van der Waals surface area contributed by atoms with E-state index in [9.17, 15) is 5.02 Å². The molecule has 0 saturated heterocycles. The molecule has 0 aromatic heterocycles. The molecule has 0 amide bonds. The van der Waals surface area contributed by atoms with Crippen molar-refractivity contribution in [2.75, 3.05) is 18.5 Å². The number of hydrogen-bond donors (Lipinski definition) is 3. The second-order valence-electron chi connectivity index (χ2n) is 3.68. The van der Waals surface area contributed by atoms with E-state index >= 15 is 0 Å². The number of aliphatic hydroxyl groups excluding tert-OH is 1. The summed E-state index contributed by atoms with van der Waals surface area (Å²) in [5, 5.41) is 21.6. The molecule has 0 saturated carbocycles. The molecule has 1 heterocycles. The minimum absolute atomic E-state index is 0.110. The topological polar surface area (TPSA) is 71.0 Å². The standard InChI is InChI=1S/C10H11BClNO4S/c12-8-3-6-5-17-11(15)7(6)4-9(8)13-10(18)16-2-1-14/h3-4,14-15H,1-2,5H2,(H,13,18). The van der Waals surface area contributed by atoms with Gasteiger partial charge < -0.3 is 24.8 Å². The second-order valence-corrected chi connectivity index (χ2v) is 4.46. The fourth-order valence-electron chi connectivity index (χ4n) is 1.62. The molecule has 0 aliphatic carbocycles. The molecule has 2 rings (SSSR count). The largest absolute Gasteiger partial charge is 0.491 e. The van der Waals surface area contributed by atoms with E-state index in [0.717, 1.165) is 5.56 Å². The Hall–Kier alpha value is -0.855. The molecule has 8 heteroatoms. The molecule has 96 valence electrons. The minimum atomic E-state index is -0.940. The van der Waals surface area contributed by atoms with Gasteiger partial charge in [0, 0.05) is 0 Å². The van der Waals surface area contributed by atoms with Crippen molar-refractivity contribution in [3.8, 4) is 0 Å². The number of hydrogen-bond acceptors (Lipinski definition) is 5. The molecule has 0 radical (unpaired) electrons. The zero-order valence-corrected chi connectivity index (χ0v) is 10.9. The fourth-order valence-corrected chi connectivity index (χ4v) is 2.05. The van der Waals surface area contributed by atoms with Crippen molar-refractivity contribution < 1.29 is 19.5 Å². The molecule has 0 spiro atoms. The monoisotopic (exact) mass is 287 g/mol. The molecule has 1 aromatic rings. The van der Waals surface area contributed by atoms with Crippen molar-refractivity contribution in [1.82, 2.24) is 0 Å². The zero-order valence-electron chi connectivity index (χ0n) is 9.35. The Bertz CT molecular complexity index is 473. The van der Waals surface area contributed by atoms with Crippen LogP contribution in [0.2, 0.25) is 5.02 Å². The number of halogens is 1. The first-order chi connectivity index (χ1) is 8.61. The SMILES string of the molecule is OCCOC(=S)Nc1cc2c(cc1Cl)COB2O. The van der Waals surface area contributed by atoms with Crippen LogP contribution in [0.1, 0.15) is 5.56 Å². The van der Waals surface area contributed by atoms with Crippen LogP contribution in [0.15, 0.2) is 12.1 Å². The van der Waals surface area contributed by atoms with Crippen LogP contribution in [0, 0.1) is 0 Å². The predicted octanol–water partition coefficient (Wildman–Crippen LogP) is 0.263. The van der Waals surface area contributed by atoms with Crippen LogP contribution >= 0.6 is 23.8 Å². The maximum atomic E-state index is 9.58. The zero-order chi connectivity index (χ0) is 13.1. The maximum absolute atomic E-state index is 9.58. The molecule has 18 heavy (non-hydrogen) atoms. The molecule has 0 fully saturated rings. The van der Waals surface area contributed by atoms with Crippen molar-refractivity contribution in [2.45, 2.75) is 6.61 Å². The van der Waals surface area contributed by atoms with Crippen molar-refractivity contribution in [2.24, 2.45) is 0 Å². The summed E-state index contributed by atoms with van der Waals surface area (Å²) < 4.78 is 10.1. The second kappa shape index (κ2) is 5.86. The quantitative estimate of drug-likeness (QED) is 0.547. The summed E-state index contributed by atoms with van der Waals surface area (Å²) in [6.45, 7) is 0.328. The number of nitrogens with one attached hydrogen (secondary N) is 1. The lowest BCUT2D eigenvalue weighted by molar-refractivity contribution is 0.197. The Balaban J connectivity index is 2.14. The van der Waals surface area contributed by atoms with E-state index in [0.29, 0.717) is 22.8 Å². The maximum Gasteiger partial charge on any atom is 0.491 e. The summed E-state index contributed by atoms with van der Waals surface area (Å²) in [7, 11) is -0.940. The average Bonchev–Trinajstić information content (AvgIpc) is 2.69. The normalized spacial score (nSPS) is 13.4. The number of thiocarbonyl (C=S) groups is 1. The van der Waals surface area contributed by atoms with Crippen LogP contribution in [-0.4, -0.2) is 35.6 Å². The highest BCUT2D eigenvalue weighted by Gasteiger charge is 2.28. The van der Waals surface area contributed by atoms with E-state index in [1.54, 1.807) is 12.1 Å². The van der Waals surface area contributed by atoms with Crippen LogP contribution in [0.4, 0.5) is 5.69 Å². The third-order valence-electron chi connectivity index (χ3n) is 2.45. The Morgan fingerprint density at radius 1 is 1.61 bits per heavy atom. The van der Waals surface area contributed by atoms with Gasteiger partial charge in [0.05, 0.1) is 23.9 Å². The van der Waals surface area contributed by atoms with Crippen LogP contribution in [0.5, 0.6) is 0 Å². The molecule has 0 unspecified atom stereocenters. The smallest absolute Gasteiger partial charge is 0.468 e. The fraction of sp³-hybridized carbons (Fsp3) is 0.300. The van der Waals surface area contributed by atoms with E-state index in [2.05, 4.69) is 5.32 Å². The van der Waals surface area contributed by atoms with Gasteiger partial charge in [0.1, 0.15) is 6.61 Å². The highest BCUT2D eigenvalue weighted by atomic mass is 35.5. The van der Waals surface area contributed by atoms with E-state index < -0.39 is 7.12 Å². The van der Waals surface area contributed by atoms with Crippen molar-refractivity contribution in [3.05, 3.63) is 22.7 Å². The van der Waals surface area contributed by atoms with Gasteiger partial charge in [0.15, 0.2) is 0 Å². The van der Waals surface area contributed by atoms with Gasteiger partial charge in [-0.1, -0.05) is 11.6 Å². The number of ether oxygens (including phenoxy) is 1. The van der Waals surface area contributed by atoms with Crippen LogP contribution < -0.4 is 10.8 Å². The van der Waals surface area contributed by atoms with Crippen LogP contribution in [0.25, 0.3) is 0 Å². The van der Waals surface area contributed by atoms with Crippen molar-refractivity contribution >= 4 is 47.3 Å². The van der Waals surface area contributed by atoms with Gasteiger partial charge in [0.2, 0.25) is 0 Å². The van der Waals surface area contributed by atoms with E-state index in [1.807, 2.05) is 0 Å². The van der Waals surface area contributed by atoms with E-state index in [-0.39, 0.29) is 18.4 Å². The number of benzene rings is 1. The molecule has 0 atom stereocenters. The summed E-state index contributed by atoms with van der Waals surface area (Å²) in [5.41, 5.74) is 2.04. The Kier molecular flexibility index (Phi) is 4.42. The molecular weight excluding hydrogens is 276 g/mol. The van der Waals surface area contributed by atoms with E-state index in [4.69, 9.17) is 38.3 Å². The number of anilines is 1. The summed E-state index contributed by atoms with van der Waals surface area (Å²) >= 11 is 11.0. The van der Waals surface area contributed by atoms with Gasteiger partial charge in [-0.05, 0) is 35.4 Å². The van der Waals surface area contributed by atoms with Gasteiger partial charge in [-0.25, -0.2) is 0 Å². The summed E-state index contributed by atoms with van der Waals surface area (Å²) in [4.78, 5) is 0. The van der Waals surface area contributed by atoms with Crippen LogP contribution in [0.3, 0.4) is 0 Å². The summed E-state index contributed by atoms with van der Waals surface area (Å²) in [6.07, 6.45) is 0. The molecule has 3 N–H and O–H groups in total. The molecule has 1 aromatic carbocycles. The summed E-state index contributed by atoms with van der Waals surface area (Å²) in [5.74, 6) is 0. The first kappa shape index (κ1) is 13.6. The van der Waals surface area contributed by atoms with Gasteiger partial charge in [-0.15, -0.1) is 0 Å². The highest BCUT2D eigenvalue weighted by Crippen LogP contribution is 2.25. The van der Waals surface area contributed by atoms with Gasteiger partial charge in [0.25, 0.3) is 5.17 Å². The van der Waals surface area contributed by atoms with Crippen molar-refractivity contribution in [3.63, 3.8) is 0 Å². The lowest BCUT2D eigenvalue weighted by Crippen LogP contribution is -2.28. The third kappa shape index (κ3) is 2.93. The molecule has 0 bridgehead atoms. The highest BCUT2D eigenvalue weighted by molar-refractivity contribution is 7.80. The lowest BCUT2D eigenvalue weighted by atomic mass is 9.79. The molecular formula is C10H11BClNO4S. The number of fused-ring (bicyclic) bond motifs is 1. The third-order valence-corrected chi connectivity index (χ3v) is 2.99. The van der Waals surface area contributed by atoms with Crippen LogP contribution in [-0.2, 0) is 16.0 Å². The number of rotatable bonds is 3.